The minimum absolute atomic E-state index is 0.679. The first-order valence-electron chi connectivity index (χ1n) is 3.27. The van der Waals surface area contributed by atoms with Crippen molar-refractivity contribution in [2.24, 2.45) is 5.92 Å². The van der Waals surface area contributed by atoms with Crippen LogP contribution in [0.5, 0.6) is 0 Å². The lowest BCUT2D eigenvalue weighted by molar-refractivity contribution is 0.573. The maximum absolute atomic E-state index is 3.81. The Morgan fingerprint density at radius 1 is 1.56 bits per heavy atom. The Hall–Kier alpha value is -0.500. The molecule has 2 heteroatoms. The van der Waals surface area contributed by atoms with Crippen molar-refractivity contribution in [2.75, 3.05) is 7.05 Å². The lowest BCUT2D eigenvalue weighted by atomic mass is 10.1. The van der Waals surface area contributed by atoms with E-state index >= 15 is 0 Å². The summed E-state index contributed by atoms with van der Waals surface area (Å²) in [6.45, 7) is 8.15. The molecular weight excluding hydrogens is 112 g/mol. The average Bonchev–Trinajstić information content (AvgIpc) is 1.63. The Morgan fingerprint density at radius 2 is 2.11 bits per heavy atom. The fraction of sp³-hybridized carbons (Fsp3) is 0.714. The highest BCUT2D eigenvalue weighted by molar-refractivity contribution is 4.89. The first kappa shape index (κ1) is 8.50. The molecule has 0 radical (unpaired) electrons. The molecule has 0 aromatic carbocycles. The van der Waals surface area contributed by atoms with Crippen molar-refractivity contribution in [3.63, 3.8) is 0 Å². The molecule has 2 N–H and O–H groups in total. The van der Waals surface area contributed by atoms with Gasteiger partial charge < -0.3 is 5.43 Å². The Kier molecular flexibility index (Phi) is 4.14. The minimum atomic E-state index is 0.679. The summed E-state index contributed by atoms with van der Waals surface area (Å²) in [5.41, 5.74) is 6.80. The van der Waals surface area contributed by atoms with Gasteiger partial charge in [0.25, 0.3) is 0 Å². The molecule has 54 valence electrons. The molecule has 0 fully saturated rings. The van der Waals surface area contributed by atoms with Gasteiger partial charge in [-0.05, 0) is 12.3 Å². The monoisotopic (exact) mass is 128 g/mol. The summed E-state index contributed by atoms with van der Waals surface area (Å²) in [4.78, 5) is 0. The van der Waals surface area contributed by atoms with Crippen LogP contribution in [0.15, 0.2) is 12.3 Å². The lowest BCUT2D eigenvalue weighted by Gasteiger charge is -2.09. The number of hydrogen-bond donors (Lipinski definition) is 2. The second-order valence-corrected chi connectivity index (χ2v) is 2.58. The minimum Gasteiger partial charge on any atom is -0.326 e. The first-order chi connectivity index (χ1) is 4.16. The predicted molar refractivity (Wildman–Crippen MR) is 40.8 cm³/mol. The Balaban J connectivity index is 3.27. The van der Waals surface area contributed by atoms with E-state index in [0.29, 0.717) is 5.92 Å². The van der Waals surface area contributed by atoms with Gasteiger partial charge >= 0.3 is 0 Å². The number of rotatable bonds is 4. The fourth-order valence-electron chi connectivity index (χ4n) is 0.721. The fourth-order valence-corrected chi connectivity index (χ4v) is 0.721. The molecule has 0 amide bonds. The Bertz CT molecular complexity index is 86.9. The number of hydrogen-bond acceptors (Lipinski definition) is 2. The molecule has 0 atom stereocenters. The van der Waals surface area contributed by atoms with Gasteiger partial charge in [-0.3, -0.25) is 0 Å². The van der Waals surface area contributed by atoms with Gasteiger partial charge in [0.1, 0.15) is 0 Å². The maximum Gasteiger partial charge on any atom is 0.0192 e. The third kappa shape index (κ3) is 5.37. The van der Waals surface area contributed by atoms with Gasteiger partial charge in [0.2, 0.25) is 0 Å². The zero-order valence-electron chi connectivity index (χ0n) is 6.49. The lowest BCUT2D eigenvalue weighted by Crippen LogP contribution is -2.26. The normalized spacial score (nSPS) is 9.78. The van der Waals surface area contributed by atoms with Crippen molar-refractivity contribution in [2.45, 2.75) is 20.3 Å². The first-order valence-corrected chi connectivity index (χ1v) is 3.27. The van der Waals surface area contributed by atoms with Crippen LogP contribution in [0.1, 0.15) is 20.3 Å². The van der Waals surface area contributed by atoms with E-state index in [2.05, 4.69) is 31.3 Å². The van der Waals surface area contributed by atoms with E-state index in [0.717, 1.165) is 12.1 Å². The Morgan fingerprint density at radius 3 is 2.44 bits per heavy atom. The molecule has 0 aromatic rings. The molecule has 0 aliphatic rings. The smallest absolute Gasteiger partial charge is 0.0192 e. The van der Waals surface area contributed by atoms with Crippen molar-refractivity contribution >= 4 is 0 Å². The van der Waals surface area contributed by atoms with Crippen molar-refractivity contribution < 1.29 is 0 Å². The molecule has 0 unspecified atom stereocenters. The van der Waals surface area contributed by atoms with Gasteiger partial charge in [-0.25, -0.2) is 5.43 Å². The van der Waals surface area contributed by atoms with Gasteiger partial charge in [0.15, 0.2) is 0 Å². The average molecular weight is 128 g/mol. The van der Waals surface area contributed by atoms with Gasteiger partial charge in [-0.2, -0.15) is 0 Å². The van der Waals surface area contributed by atoms with Crippen LogP contribution in [0.3, 0.4) is 0 Å². The quantitative estimate of drug-likeness (QED) is 0.557. The van der Waals surface area contributed by atoms with Crippen LogP contribution in [-0.4, -0.2) is 7.05 Å². The summed E-state index contributed by atoms with van der Waals surface area (Å²) in [5, 5.41) is 0. The molecule has 9 heavy (non-hydrogen) atoms. The highest BCUT2D eigenvalue weighted by atomic mass is 15.3. The molecule has 0 rings (SSSR count). The molecule has 0 aliphatic heterocycles. The van der Waals surface area contributed by atoms with E-state index in [1.54, 1.807) is 0 Å². The molecule has 0 heterocycles. The molecule has 0 saturated carbocycles. The van der Waals surface area contributed by atoms with Crippen LogP contribution in [0, 0.1) is 5.92 Å². The van der Waals surface area contributed by atoms with Gasteiger partial charge in [0.05, 0.1) is 0 Å². The predicted octanol–water partition coefficient (Wildman–Crippen LogP) is 1.27. The third-order valence-electron chi connectivity index (χ3n) is 0.956. The molecule has 0 spiro atoms. The number of nitrogens with one attached hydrogen (secondary N) is 2. The molecule has 0 aliphatic carbocycles. The van der Waals surface area contributed by atoms with E-state index in [1.165, 1.54) is 0 Å². The maximum atomic E-state index is 3.81. The highest BCUT2D eigenvalue weighted by Crippen LogP contribution is 2.03. The van der Waals surface area contributed by atoms with Crippen LogP contribution >= 0.6 is 0 Å². The van der Waals surface area contributed by atoms with E-state index in [-0.39, 0.29) is 0 Å². The second kappa shape index (κ2) is 4.39. The molecule has 2 nitrogen and oxygen atoms in total. The van der Waals surface area contributed by atoms with Gasteiger partial charge in [0, 0.05) is 12.7 Å². The van der Waals surface area contributed by atoms with E-state index in [1.807, 2.05) is 7.05 Å². The summed E-state index contributed by atoms with van der Waals surface area (Å²) < 4.78 is 0. The standard InChI is InChI=1S/C7H16N2/c1-6(2)5-7(3)9-8-4/h6,8-9H,3,5H2,1-2,4H3. The number of hydrazine groups is 1. The summed E-state index contributed by atoms with van der Waals surface area (Å²) in [6, 6.07) is 0. The zero-order chi connectivity index (χ0) is 7.28. The van der Waals surface area contributed by atoms with Crippen LogP contribution in [-0.2, 0) is 0 Å². The van der Waals surface area contributed by atoms with Crippen molar-refractivity contribution in [1.29, 1.82) is 0 Å². The van der Waals surface area contributed by atoms with E-state index in [4.69, 9.17) is 0 Å². The van der Waals surface area contributed by atoms with E-state index < -0.39 is 0 Å². The highest BCUT2D eigenvalue weighted by Gasteiger charge is 1.94. The van der Waals surface area contributed by atoms with Crippen LogP contribution in [0.25, 0.3) is 0 Å². The summed E-state index contributed by atoms with van der Waals surface area (Å²) in [7, 11) is 1.84. The molecular formula is C7H16N2. The van der Waals surface area contributed by atoms with Gasteiger partial charge in [-0.15, -0.1) is 0 Å². The van der Waals surface area contributed by atoms with Crippen molar-refractivity contribution in [1.82, 2.24) is 10.9 Å². The summed E-state index contributed by atoms with van der Waals surface area (Å²) >= 11 is 0. The van der Waals surface area contributed by atoms with Crippen LogP contribution in [0.4, 0.5) is 0 Å². The molecule has 0 saturated heterocycles. The van der Waals surface area contributed by atoms with Crippen LogP contribution < -0.4 is 10.9 Å². The summed E-state index contributed by atoms with van der Waals surface area (Å²) in [5.74, 6) is 0.679. The zero-order valence-corrected chi connectivity index (χ0v) is 6.49. The number of allylic oxidation sites excluding steroid dienone is 1. The third-order valence-corrected chi connectivity index (χ3v) is 0.956. The molecule has 0 bridgehead atoms. The summed E-state index contributed by atoms with van der Waals surface area (Å²) in [6.07, 6.45) is 1.03. The van der Waals surface area contributed by atoms with Crippen molar-refractivity contribution in [3.05, 3.63) is 12.3 Å². The molecule has 0 aromatic heterocycles. The topological polar surface area (TPSA) is 24.1 Å². The van der Waals surface area contributed by atoms with E-state index in [9.17, 15) is 0 Å². The Labute approximate surface area is 57.3 Å². The van der Waals surface area contributed by atoms with Gasteiger partial charge in [-0.1, -0.05) is 20.4 Å². The SMILES string of the molecule is C=C(CC(C)C)NNC. The largest absolute Gasteiger partial charge is 0.326 e. The second-order valence-electron chi connectivity index (χ2n) is 2.58. The van der Waals surface area contributed by atoms with Crippen LogP contribution in [0.2, 0.25) is 0 Å². The van der Waals surface area contributed by atoms with Crippen molar-refractivity contribution in [3.8, 4) is 0 Å².